The number of hydrogen-bond donors (Lipinski definition) is 2. The molecule has 21 heavy (non-hydrogen) atoms. The normalized spacial score (nSPS) is 18.8. The molecule has 1 fully saturated rings. The van der Waals surface area contributed by atoms with Gasteiger partial charge in [0, 0.05) is 37.4 Å². The molecule has 7 heteroatoms. The lowest BCUT2D eigenvalue weighted by molar-refractivity contribution is -0.136. The Hall–Kier alpha value is -1.34. The third kappa shape index (κ3) is 4.31. The molecule has 2 N–H and O–H groups in total. The number of aryl methyl sites for hydroxylation is 1. The first-order valence-corrected chi connectivity index (χ1v) is 7.80. The number of rotatable bonds is 5. The van der Waals surface area contributed by atoms with E-state index in [0.29, 0.717) is 24.7 Å². The Balaban J connectivity index is 1.92. The summed E-state index contributed by atoms with van der Waals surface area (Å²) in [6, 6.07) is 1.83. The van der Waals surface area contributed by atoms with Crippen LogP contribution in [0.2, 0.25) is 0 Å². The predicted octanol–water partition coefficient (Wildman–Crippen LogP) is 1.31. The lowest BCUT2D eigenvalue weighted by Gasteiger charge is -2.33. The van der Waals surface area contributed by atoms with Gasteiger partial charge in [-0.05, 0) is 40.8 Å². The van der Waals surface area contributed by atoms with Gasteiger partial charge in [-0.2, -0.15) is 0 Å². The van der Waals surface area contributed by atoms with Crippen LogP contribution in [0.4, 0.5) is 0 Å². The number of aromatic nitrogens is 1. The van der Waals surface area contributed by atoms with Crippen molar-refractivity contribution in [3.05, 3.63) is 22.4 Å². The Bertz CT molecular complexity index is 530. The van der Waals surface area contributed by atoms with Crippen LogP contribution in [0.15, 0.2) is 16.7 Å². The van der Waals surface area contributed by atoms with Crippen molar-refractivity contribution in [2.24, 2.45) is 13.0 Å². The van der Waals surface area contributed by atoms with Crippen molar-refractivity contribution in [2.75, 3.05) is 26.2 Å². The quantitative estimate of drug-likeness (QED) is 0.833. The topological polar surface area (TPSA) is 74.6 Å². The van der Waals surface area contributed by atoms with Crippen LogP contribution in [0, 0.1) is 5.92 Å². The number of hydrogen-bond acceptors (Lipinski definition) is 3. The van der Waals surface area contributed by atoms with Crippen molar-refractivity contribution in [1.29, 1.82) is 0 Å². The minimum Gasteiger partial charge on any atom is -0.480 e. The van der Waals surface area contributed by atoms with E-state index in [1.165, 1.54) is 0 Å². The van der Waals surface area contributed by atoms with Crippen molar-refractivity contribution in [2.45, 2.75) is 12.8 Å². The van der Waals surface area contributed by atoms with Crippen molar-refractivity contribution < 1.29 is 14.7 Å². The van der Waals surface area contributed by atoms with Gasteiger partial charge in [-0.25, -0.2) is 0 Å². The van der Waals surface area contributed by atoms with Gasteiger partial charge < -0.3 is 19.9 Å². The van der Waals surface area contributed by atoms with Gasteiger partial charge in [-0.3, -0.25) is 9.59 Å². The minimum atomic E-state index is -0.854. The number of halogens is 1. The van der Waals surface area contributed by atoms with Crippen LogP contribution in [0.25, 0.3) is 0 Å². The number of amides is 1. The Morgan fingerprint density at radius 3 is 2.90 bits per heavy atom. The molecule has 0 spiro atoms. The van der Waals surface area contributed by atoms with Crippen molar-refractivity contribution >= 4 is 27.8 Å². The number of carbonyl (C=O) groups is 2. The number of nitrogens with zero attached hydrogens (tertiary/aromatic N) is 2. The molecule has 1 aliphatic heterocycles. The predicted molar refractivity (Wildman–Crippen MR) is 82.2 cm³/mol. The van der Waals surface area contributed by atoms with E-state index in [1.807, 2.05) is 28.8 Å². The molecule has 1 unspecified atom stereocenters. The molecule has 6 nitrogen and oxygen atoms in total. The summed E-state index contributed by atoms with van der Waals surface area (Å²) in [4.78, 5) is 24.9. The number of aliphatic carboxylic acids is 1. The smallest absolute Gasteiger partial charge is 0.317 e. The molecule has 0 radical (unpaired) electrons. The second kappa shape index (κ2) is 7.09. The molecule has 1 aromatic rings. The van der Waals surface area contributed by atoms with E-state index in [2.05, 4.69) is 21.2 Å². The van der Waals surface area contributed by atoms with Crippen LogP contribution in [0.3, 0.4) is 0 Å². The molecule has 1 aliphatic rings. The van der Waals surface area contributed by atoms with E-state index in [1.54, 1.807) is 0 Å². The minimum absolute atomic E-state index is 0.0325. The fraction of sp³-hybridized carbons (Fsp3) is 0.571. The fourth-order valence-corrected chi connectivity index (χ4v) is 3.22. The first-order valence-electron chi connectivity index (χ1n) is 7.01. The standard InChI is InChI=1S/C14H20BrN3O3/c1-17-9-11(15)5-12(17)14(21)18-4-2-3-10(8-18)6-16-7-13(19)20/h5,9-10,16H,2-4,6-8H2,1H3,(H,19,20). The second-order valence-corrected chi connectivity index (χ2v) is 6.35. The molecule has 1 saturated heterocycles. The maximum atomic E-state index is 12.5. The van der Waals surface area contributed by atoms with E-state index in [4.69, 9.17) is 5.11 Å². The van der Waals surface area contributed by atoms with Crippen molar-refractivity contribution in [1.82, 2.24) is 14.8 Å². The van der Waals surface area contributed by atoms with Gasteiger partial charge in [0.15, 0.2) is 0 Å². The highest BCUT2D eigenvalue weighted by Crippen LogP contribution is 2.20. The number of nitrogens with one attached hydrogen (secondary N) is 1. The largest absolute Gasteiger partial charge is 0.480 e. The number of carboxylic acid groups (broad SMARTS) is 1. The van der Waals surface area contributed by atoms with E-state index >= 15 is 0 Å². The van der Waals surface area contributed by atoms with Crippen LogP contribution in [0.1, 0.15) is 23.3 Å². The Morgan fingerprint density at radius 1 is 1.52 bits per heavy atom. The second-order valence-electron chi connectivity index (χ2n) is 5.44. The van der Waals surface area contributed by atoms with Gasteiger partial charge in [0.2, 0.25) is 0 Å². The average Bonchev–Trinajstić information content (AvgIpc) is 2.77. The lowest BCUT2D eigenvalue weighted by Crippen LogP contribution is -2.43. The summed E-state index contributed by atoms with van der Waals surface area (Å²) in [6.45, 7) is 2.04. The maximum Gasteiger partial charge on any atom is 0.317 e. The van der Waals surface area contributed by atoms with Crippen molar-refractivity contribution in [3.8, 4) is 0 Å². The molecule has 0 aliphatic carbocycles. The zero-order valence-electron chi connectivity index (χ0n) is 12.0. The summed E-state index contributed by atoms with van der Waals surface area (Å²) in [7, 11) is 1.85. The van der Waals surface area contributed by atoms with Crippen LogP contribution >= 0.6 is 15.9 Å². The molecule has 1 amide bonds. The molecule has 0 saturated carbocycles. The molecule has 116 valence electrons. The number of carboxylic acids is 1. The first-order chi connectivity index (χ1) is 9.97. The van der Waals surface area contributed by atoms with Gasteiger partial charge in [-0.15, -0.1) is 0 Å². The van der Waals surface area contributed by atoms with Gasteiger partial charge in [0.25, 0.3) is 5.91 Å². The third-order valence-corrected chi connectivity index (χ3v) is 4.14. The van der Waals surface area contributed by atoms with Gasteiger partial charge >= 0.3 is 5.97 Å². The van der Waals surface area contributed by atoms with Crippen LogP contribution in [0.5, 0.6) is 0 Å². The molecule has 1 aromatic heterocycles. The van der Waals surface area contributed by atoms with Crippen LogP contribution in [-0.4, -0.2) is 52.6 Å². The van der Waals surface area contributed by atoms with Crippen LogP contribution in [-0.2, 0) is 11.8 Å². The summed E-state index contributed by atoms with van der Waals surface area (Å²) in [5.74, 6) is -0.510. The fourth-order valence-electron chi connectivity index (χ4n) is 2.70. The number of carbonyl (C=O) groups excluding carboxylic acids is 1. The van der Waals surface area contributed by atoms with E-state index in [9.17, 15) is 9.59 Å². The highest BCUT2D eigenvalue weighted by atomic mass is 79.9. The molecule has 2 heterocycles. The zero-order chi connectivity index (χ0) is 15.4. The third-order valence-electron chi connectivity index (χ3n) is 3.71. The van der Waals surface area contributed by atoms with Gasteiger partial charge in [0.1, 0.15) is 5.69 Å². The highest BCUT2D eigenvalue weighted by molar-refractivity contribution is 9.10. The lowest BCUT2D eigenvalue weighted by atomic mass is 9.97. The Kier molecular flexibility index (Phi) is 5.41. The Morgan fingerprint density at radius 2 is 2.29 bits per heavy atom. The summed E-state index contributed by atoms with van der Waals surface area (Å²) < 4.78 is 2.71. The van der Waals surface area contributed by atoms with Gasteiger partial charge in [0.05, 0.1) is 6.54 Å². The highest BCUT2D eigenvalue weighted by Gasteiger charge is 2.25. The molecule has 0 bridgehead atoms. The summed E-state index contributed by atoms with van der Waals surface area (Å²) in [5.41, 5.74) is 0.668. The van der Waals surface area contributed by atoms with Crippen molar-refractivity contribution in [3.63, 3.8) is 0 Å². The van der Waals surface area contributed by atoms with E-state index < -0.39 is 5.97 Å². The van der Waals surface area contributed by atoms with Gasteiger partial charge in [-0.1, -0.05) is 0 Å². The number of piperidine rings is 1. The molecular formula is C14H20BrN3O3. The Labute approximate surface area is 132 Å². The van der Waals surface area contributed by atoms with E-state index in [0.717, 1.165) is 23.9 Å². The zero-order valence-corrected chi connectivity index (χ0v) is 13.6. The molecule has 2 rings (SSSR count). The average molecular weight is 358 g/mol. The molecule has 0 aromatic carbocycles. The SMILES string of the molecule is Cn1cc(Br)cc1C(=O)N1CCCC(CNCC(=O)O)C1. The summed E-state index contributed by atoms with van der Waals surface area (Å²) in [5, 5.41) is 11.5. The summed E-state index contributed by atoms with van der Waals surface area (Å²) in [6.07, 6.45) is 3.84. The number of likely N-dealkylation sites (tertiary alicyclic amines) is 1. The monoisotopic (exact) mass is 357 g/mol. The van der Waals surface area contributed by atoms with Crippen LogP contribution < -0.4 is 5.32 Å². The van der Waals surface area contributed by atoms with E-state index in [-0.39, 0.29) is 12.5 Å². The summed E-state index contributed by atoms with van der Waals surface area (Å²) >= 11 is 3.38. The first kappa shape index (κ1) is 16.0. The molecule has 1 atom stereocenters. The maximum absolute atomic E-state index is 12.5. The molecular weight excluding hydrogens is 338 g/mol.